The highest BCUT2D eigenvalue weighted by Crippen LogP contribution is 2.21. The van der Waals surface area contributed by atoms with E-state index in [2.05, 4.69) is 22.6 Å². The van der Waals surface area contributed by atoms with Crippen molar-refractivity contribution in [1.29, 1.82) is 0 Å². The van der Waals surface area contributed by atoms with Gasteiger partial charge in [0.25, 0.3) is 0 Å². The Kier molecular flexibility index (Phi) is 3.96. The number of carbonyl (C=O) groups excluding carboxylic acids is 1. The molecule has 0 saturated carbocycles. The van der Waals surface area contributed by atoms with Crippen molar-refractivity contribution in [2.75, 3.05) is 7.11 Å². The van der Waals surface area contributed by atoms with Gasteiger partial charge in [0.05, 0.1) is 12.7 Å². The van der Waals surface area contributed by atoms with Crippen LogP contribution in [0.2, 0.25) is 0 Å². The Bertz CT molecular complexity index is 596. The van der Waals surface area contributed by atoms with Crippen molar-refractivity contribution in [3.63, 3.8) is 0 Å². The van der Waals surface area contributed by atoms with Crippen molar-refractivity contribution in [3.8, 4) is 5.75 Å². The first-order chi connectivity index (χ1) is 8.63. The van der Waals surface area contributed by atoms with Crippen LogP contribution in [0.4, 0.5) is 4.39 Å². The SMILES string of the molecule is COc1ccc(C(=O)c2ccccc2I)c(F)c1. The highest BCUT2D eigenvalue weighted by atomic mass is 127. The van der Waals surface area contributed by atoms with E-state index in [1.807, 2.05) is 12.1 Å². The van der Waals surface area contributed by atoms with E-state index in [0.29, 0.717) is 11.3 Å². The maximum Gasteiger partial charge on any atom is 0.197 e. The van der Waals surface area contributed by atoms with Crippen LogP contribution < -0.4 is 4.74 Å². The topological polar surface area (TPSA) is 26.3 Å². The molecule has 4 heteroatoms. The van der Waals surface area contributed by atoms with E-state index >= 15 is 0 Å². The van der Waals surface area contributed by atoms with Gasteiger partial charge in [-0.25, -0.2) is 4.39 Å². The number of ether oxygens (including phenoxy) is 1. The zero-order valence-corrected chi connectivity index (χ0v) is 11.8. The maximum absolute atomic E-state index is 13.8. The molecule has 0 heterocycles. The number of methoxy groups -OCH3 is 1. The predicted molar refractivity (Wildman–Crippen MR) is 75.5 cm³/mol. The third-order valence-corrected chi connectivity index (χ3v) is 3.48. The molecule has 0 bridgehead atoms. The zero-order chi connectivity index (χ0) is 13.1. The predicted octanol–water partition coefficient (Wildman–Crippen LogP) is 3.67. The van der Waals surface area contributed by atoms with Gasteiger partial charge in [0.1, 0.15) is 11.6 Å². The molecule has 2 aromatic rings. The Hall–Kier alpha value is -1.43. The van der Waals surface area contributed by atoms with Gasteiger partial charge < -0.3 is 4.74 Å². The Morgan fingerprint density at radius 3 is 2.50 bits per heavy atom. The van der Waals surface area contributed by atoms with Gasteiger partial charge >= 0.3 is 0 Å². The van der Waals surface area contributed by atoms with Gasteiger partial charge in [-0.3, -0.25) is 4.79 Å². The van der Waals surface area contributed by atoms with E-state index in [9.17, 15) is 9.18 Å². The normalized spacial score (nSPS) is 10.2. The van der Waals surface area contributed by atoms with Crippen molar-refractivity contribution < 1.29 is 13.9 Å². The van der Waals surface area contributed by atoms with Crippen LogP contribution >= 0.6 is 22.6 Å². The molecule has 0 radical (unpaired) electrons. The van der Waals surface area contributed by atoms with Gasteiger partial charge in [-0.1, -0.05) is 12.1 Å². The summed E-state index contributed by atoms with van der Waals surface area (Å²) in [5.41, 5.74) is 0.557. The molecule has 0 saturated heterocycles. The van der Waals surface area contributed by atoms with E-state index < -0.39 is 5.82 Å². The number of rotatable bonds is 3. The lowest BCUT2D eigenvalue weighted by Gasteiger charge is -2.06. The van der Waals surface area contributed by atoms with Gasteiger partial charge in [0, 0.05) is 15.2 Å². The smallest absolute Gasteiger partial charge is 0.197 e. The summed E-state index contributed by atoms with van der Waals surface area (Å²) < 4.78 is 19.5. The van der Waals surface area contributed by atoms with Crippen LogP contribution in [0.25, 0.3) is 0 Å². The first-order valence-corrected chi connectivity index (χ1v) is 6.34. The summed E-state index contributed by atoms with van der Waals surface area (Å²) in [6.07, 6.45) is 0. The van der Waals surface area contributed by atoms with Gasteiger partial charge in [-0.2, -0.15) is 0 Å². The maximum atomic E-state index is 13.8. The van der Waals surface area contributed by atoms with Gasteiger partial charge in [-0.15, -0.1) is 0 Å². The van der Waals surface area contributed by atoms with Crippen LogP contribution in [0.1, 0.15) is 15.9 Å². The minimum atomic E-state index is -0.570. The van der Waals surface area contributed by atoms with Crippen LogP contribution in [0.5, 0.6) is 5.75 Å². The fourth-order valence-corrected chi connectivity index (χ4v) is 2.23. The molecule has 0 aromatic heterocycles. The van der Waals surface area contributed by atoms with Crippen molar-refractivity contribution in [3.05, 3.63) is 63.0 Å². The van der Waals surface area contributed by atoms with Gasteiger partial charge in [-0.05, 0) is 46.9 Å². The third kappa shape index (κ3) is 2.53. The average molecular weight is 356 g/mol. The molecule has 92 valence electrons. The molecule has 0 fully saturated rings. The lowest BCUT2D eigenvalue weighted by atomic mass is 10.0. The number of hydrogen-bond donors (Lipinski definition) is 0. The molecular weight excluding hydrogens is 346 g/mol. The van der Waals surface area contributed by atoms with E-state index in [0.717, 1.165) is 3.57 Å². The summed E-state index contributed by atoms with van der Waals surface area (Å²) in [5, 5.41) is 0. The molecular formula is C14H10FIO2. The second-order valence-corrected chi connectivity index (χ2v) is 4.82. The standard InChI is InChI=1S/C14H10FIO2/c1-18-9-6-7-10(12(15)8-9)14(17)11-4-2-3-5-13(11)16/h2-8H,1H3. The monoisotopic (exact) mass is 356 g/mol. The van der Waals surface area contributed by atoms with Crippen LogP contribution in [-0.2, 0) is 0 Å². The number of hydrogen-bond acceptors (Lipinski definition) is 2. The van der Waals surface area contributed by atoms with E-state index in [1.165, 1.54) is 19.2 Å². The summed E-state index contributed by atoms with van der Waals surface area (Å²) in [5.74, 6) is -0.494. The van der Waals surface area contributed by atoms with Crippen LogP contribution in [-0.4, -0.2) is 12.9 Å². The summed E-state index contributed by atoms with van der Waals surface area (Å²) >= 11 is 2.06. The molecule has 0 N–H and O–H groups in total. The van der Waals surface area contributed by atoms with Crippen LogP contribution in [0, 0.1) is 9.39 Å². The molecule has 0 atom stereocenters. The fourth-order valence-electron chi connectivity index (χ4n) is 1.60. The molecule has 0 aliphatic carbocycles. The number of carbonyl (C=O) groups is 1. The average Bonchev–Trinajstić information content (AvgIpc) is 2.38. The molecule has 2 nitrogen and oxygen atoms in total. The Balaban J connectivity index is 2.44. The molecule has 18 heavy (non-hydrogen) atoms. The quantitative estimate of drug-likeness (QED) is 0.620. The summed E-state index contributed by atoms with van der Waals surface area (Å²) in [4.78, 5) is 12.2. The molecule has 0 aliphatic rings. The molecule has 2 rings (SSSR count). The summed E-state index contributed by atoms with van der Waals surface area (Å²) in [6, 6.07) is 11.3. The first-order valence-electron chi connectivity index (χ1n) is 5.26. The van der Waals surface area contributed by atoms with Crippen molar-refractivity contribution >= 4 is 28.4 Å². The van der Waals surface area contributed by atoms with Crippen molar-refractivity contribution in [2.45, 2.75) is 0 Å². The second kappa shape index (κ2) is 5.48. The Labute approximate surface area is 118 Å². The summed E-state index contributed by atoms with van der Waals surface area (Å²) in [7, 11) is 1.45. The Morgan fingerprint density at radius 2 is 1.89 bits per heavy atom. The first kappa shape index (κ1) is 13.0. The largest absolute Gasteiger partial charge is 0.497 e. The lowest BCUT2D eigenvalue weighted by molar-refractivity contribution is 0.103. The number of benzene rings is 2. The fraction of sp³-hybridized carbons (Fsp3) is 0.0714. The zero-order valence-electron chi connectivity index (χ0n) is 9.61. The lowest BCUT2D eigenvalue weighted by Crippen LogP contribution is -2.06. The number of halogens is 2. The molecule has 0 spiro atoms. The van der Waals surface area contributed by atoms with Gasteiger partial charge in [0.15, 0.2) is 5.78 Å². The highest BCUT2D eigenvalue weighted by molar-refractivity contribution is 14.1. The second-order valence-electron chi connectivity index (χ2n) is 3.65. The molecule has 0 amide bonds. The highest BCUT2D eigenvalue weighted by Gasteiger charge is 2.16. The van der Waals surface area contributed by atoms with E-state index in [4.69, 9.17) is 4.74 Å². The molecule has 0 unspecified atom stereocenters. The van der Waals surface area contributed by atoms with Crippen LogP contribution in [0.3, 0.4) is 0 Å². The molecule has 0 aliphatic heterocycles. The van der Waals surface area contributed by atoms with Crippen molar-refractivity contribution in [1.82, 2.24) is 0 Å². The minimum Gasteiger partial charge on any atom is -0.497 e. The Morgan fingerprint density at radius 1 is 1.17 bits per heavy atom. The van der Waals surface area contributed by atoms with Gasteiger partial charge in [0.2, 0.25) is 0 Å². The molecule has 2 aromatic carbocycles. The van der Waals surface area contributed by atoms with E-state index in [1.54, 1.807) is 18.2 Å². The van der Waals surface area contributed by atoms with E-state index in [-0.39, 0.29) is 11.3 Å². The number of ketones is 1. The van der Waals surface area contributed by atoms with Crippen molar-refractivity contribution in [2.24, 2.45) is 0 Å². The summed E-state index contributed by atoms with van der Waals surface area (Å²) in [6.45, 7) is 0. The minimum absolute atomic E-state index is 0.0555. The third-order valence-electron chi connectivity index (χ3n) is 2.54. The van der Waals surface area contributed by atoms with Crippen LogP contribution in [0.15, 0.2) is 42.5 Å².